The molecule has 310 valence electrons. The van der Waals surface area contributed by atoms with Gasteiger partial charge in [0.2, 0.25) is 0 Å². The lowest BCUT2D eigenvalue weighted by molar-refractivity contribution is 1.06. The lowest BCUT2D eigenvalue weighted by Crippen LogP contribution is -2.07. The molecule has 0 fully saturated rings. The van der Waals surface area contributed by atoms with Gasteiger partial charge in [-0.3, -0.25) is 0 Å². The third-order valence-electron chi connectivity index (χ3n) is 12.8. The van der Waals surface area contributed by atoms with Gasteiger partial charge in [-0.15, -0.1) is 0 Å². The summed E-state index contributed by atoms with van der Waals surface area (Å²) >= 11 is 0. The monoisotopic (exact) mass is 844 g/mol. The molecule has 12 aromatic rings. The predicted molar refractivity (Wildman–Crippen MR) is 270 cm³/mol. The molecule has 6 heteroatoms. The third kappa shape index (κ3) is 6.53. The van der Waals surface area contributed by atoms with Gasteiger partial charge in [0.15, 0.2) is 17.5 Å². The average Bonchev–Trinajstić information content (AvgIpc) is 3.89. The number of rotatable bonds is 7. The molecule has 0 spiro atoms. The summed E-state index contributed by atoms with van der Waals surface area (Å²) in [4.78, 5) is 15.7. The van der Waals surface area contributed by atoms with Gasteiger partial charge >= 0.3 is 0 Å². The van der Waals surface area contributed by atoms with Crippen molar-refractivity contribution in [3.05, 3.63) is 223 Å². The summed E-state index contributed by atoms with van der Waals surface area (Å²) < 4.78 is 4.50. The number of nitrogens with zero attached hydrogens (tertiary/aromatic N) is 6. The molecule has 0 atom stereocenters. The molecule has 0 N–H and O–H groups in total. The summed E-state index contributed by atoms with van der Waals surface area (Å²) in [5.74, 6) is 1.61. The topological polar surface area (TPSA) is 72.3 Å². The fourth-order valence-electron chi connectivity index (χ4n) is 9.46. The lowest BCUT2D eigenvalue weighted by Gasteiger charge is -2.19. The number of fused-ring (bicyclic) bond motifs is 6. The van der Waals surface area contributed by atoms with Gasteiger partial charge in [-0.05, 0) is 84.6 Å². The van der Waals surface area contributed by atoms with Gasteiger partial charge in [0, 0.05) is 38.2 Å². The highest BCUT2D eigenvalue weighted by Gasteiger charge is 2.24. The first kappa shape index (κ1) is 38.7. The SMILES string of the molecule is Cc1ccc(-c2ccc3c(c2)c2ccccc2n3-c2cc(-c3nc(-c4ccccc4)nc(-c4ccccc4)n3)c(-n3c4ccccc4c4cc(-c5ccc(C)cc5)ccc43)cc2C#N)cc1. The Kier molecular flexibility index (Phi) is 9.22. The van der Waals surface area contributed by atoms with Crippen LogP contribution in [-0.4, -0.2) is 24.1 Å². The molecule has 0 aliphatic heterocycles. The van der Waals surface area contributed by atoms with E-state index in [2.05, 4.69) is 169 Å². The van der Waals surface area contributed by atoms with Gasteiger partial charge in [-0.25, -0.2) is 15.0 Å². The van der Waals surface area contributed by atoms with Gasteiger partial charge in [-0.1, -0.05) is 169 Å². The summed E-state index contributed by atoms with van der Waals surface area (Å²) in [6, 6.07) is 74.5. The summed E-state index contributed by atoms with van der Waals surface area (Å²) in [6.07, 6.45) is 0. The number of hydrogen-bond donors (Lipinski definition) is 0. The van der Waals surface area contributed by atoms with Gasteiger partial charge in [0.1, 0.15) is 6.07 Å². The molecule has 0 saturated carbocycles. The molecular formula is C60H40N6. The minimum atomic E-state index is 0.494. The fourth-order valence-corrected chi connectivity index (χ4v) is 9.46. The van der Waals surface area contributed by atoms with Crippen molar-refractivity contribution in [3.8, 4) is 73.9 Å². The molecular weight excluding hydrogens is 805 g/mol. The van der Waals surface area contributed by atoms with Crippen molar-refractivity contribution in [2.24, 2.45) is 0 Å². The Morgan fingerprint density at radius 1 is 0.348 bits per heavy atom. The van der Waals surface area contributed by atoms with E-state index in [9.17, 15) is 5.26 Å². The van der Waals surface area contributed by atoms with Crippen molar-refractivity contribution in [2.75, 3.05) is 0 Å². The number of aryl methyl sites for hydroxylation is 2. The van der Waals surface area contributed by atoms with Crippen molar-refractivity contribution in [1.29, 1.82) is 5.26 Å². The van der Waals surface area contributed by atoms with E-state index in [4.69, 9.17) is 15.0 Å². The normalized spacial score (nSPS) is 11.5. The van der Waals surface area contributed by atoms with E-state index < -0.39 is 0 Å². The van der Waals surface area contributed by atoms with E-state index >= 15 is 0 Å². The van der Waals surface area contributed by atoms with Crippen LogP contribution in [0.1, 0.15) is 16.7 Å². The first-order valence-electron chi connectivity index (χ1n) is 22.2. The molecule has 0 unspecified atom stereocenters. The highest BCUT2D eigenvalue weighted by molar-refractivity contribution is 6.12. The standard InChI is InChI=1S/C60H40N6/c1-38-21-25-40(26-22-38)44-29-31-54-49(33-44)47-17-9-11-19-52(47)65(54)56-36-51(60-63-58(42-13-5-3-6-14-42)62-59(64-60)43-15-7-4-8-16-43)57(35-46(56)37-61)66-53-20-12-10-18-48(53)50-34-45(30-32-55(50)66)41-27-23-39(2)24-28-41/h3-36H,1-2H3. The number of benzene rings is 9. The van der Waals surface area contributed by atoms with E-state index in [1.54, 1.807) is 0 Å². The zero-order valence-corrected chi connectivity index (χ0v) is 36.3. The highest BCUT2D eigenvalue weighted by Crippen LogP contribution is 2.42. The smallest absolute Gasteiger partial charge is 0.166 e. The van der Waals surface area contributed by atoms with Crippen LogP contribution in [0.3, 0.4) is 0 Å². The Morgan fingerprint density at radius 2 is 0.758 bits per heavy atom. The molecule has 0 radical (unpaired) electrons. The van der Waals surface area contributed by atoms with Crippen LogP contribution >= 0.6 is 0 Å². The predicted octanol–water partition coefficient (Wildman–Crippen LogP) is 14.9. The molecule has 3 aromatic heterocycles. The maximum atomic E-state index is 11.3. The number of aromatic nitrogens is 5. The first-order valence-corrected chi connectivity index (χ1v) is 22.2. The summed E-state index contributed by atoms with van der Waals surface area (Å²) in [5, 5.41) is 15.7. The second-order valence-corrected chi connectivity index (χ2v) is 16.9. The maximum absolute atomic E-state index is 11.3. The third-order valence-corrected chi connectivity index (χ3v) is 12.8. The molecule has 3 heterocycles. The van der Waals surface area contributed by atoms with E-state index in [1.165, 1.54) is 11.1 Å². The number of nitriles is 1. The van der Waals surface area contributed by atoms with Crippen LogP contribution in [0.15, 0.2) is 206 Å². The van der Waals surface area contributed by atoms with E-state index in [0.717, 1.165) is 93.9 Å². The van der Waals surface area contributed by atoms with Gasteiger partial charge in [-0.2, -0.15) is 5.26 Å². The molecule has 12 rings (SSSR count). The second kappa shape index (κ2) is 15.7. The molecule has 6 nitrogen and oxygen atoms in total. The highest BCUT2D eigenvalue weighted by atomic mass is 15.1. The zero-order valence-electron chi connectivity index (χ0n) is 36.3. The summed E-state index contributed by atoms with van der Waals surface area (Å²) in [5.41, 5.74) is 15.6. The molecule has 0 aliphatic rings. The van der Waals surface area contributed by atoms with Crippen LogP contribution in [0.25, 0.3) is 111 Å². The Labute approximate surface area is 382 Å². The van der Waals surface area contributed by atoms with Gasteiger partial charge in [0.25, 0.3) is 0 Å². The second-order valence-electron chi connectivity index (χ2n) is 16.9. The minimum Gasteiger partial charge on any atom is -0.308 e. The van der Waals surface area contributed by atoms with Crippen LogP contribution < -0.4 is 0 Å². The lowest BCUT2D eigenvalue weighted by atomic mass is 10.0. The number of para-hydroxylation sites is 2. The van der Waals surface area contributed by atoms with Crippen LogP contribution in [0, 0.1) is 25.2 Å². The molecule has 0 bridgehead atoms. The van der Waals surface area contributed by atoms with E-state index in [0.29, 0.717) is 23.0 Å². The Hall–Kier alpha value is -8.92. The Bertz CT molecular complexity index is 3820. The van der Waals surface area contributed by atoms with Crippen LogP contribution in [-0.2, 0) is 0 Å². The van der Waals surface area contributed by atoms with E-state index in [1.807, 2.05) is 66.7 Å². The summed E-state index contributed by atoms with van der Waals surface area (Å²) in [7, 11) is 0. The van der Waals surface area contributed by atoms with Crippen molar-refractivity contribution >= 4 is 43.6 Å². The Balaban J connectivity index is 1.17. The average molecular weight is 845 g/mol. The van der Waals surface area contributed by atoms with E-state index in [-0.39, 0.29) is 0 Å². The molecule has 9 aromatic carbocycles. The number of hydrogen-bond acceptors (Lipinski definition) is 4. The van der Waals surface area contributed by atoms with Crippen molar-refractivity contribution < 1.29 is 0 Å². The molecule has 0 saturated heterocycles. The zero-order chi connectivity index (χ0) is 44.3. The van der Waals surface area contributed by atoms with Gasteiger partial charge < -0.3 is 9.13 Å². The largest absolute Gasteiger partial charge is 0.308 e. The first-order chi connectivity index (χ1) is 32.5. The summed E-state index contributed by atoms with van der Waals surface area (Å²) in [6.45, 7) is 4.22. The quantitative estimate of drug-likeness (QED) is 0.160. The van der Waals surface area contributed by atoms with Gasteiger partial charge in [0.05, 0.1) is 39.0 Å². The fraction of sp³-hybridized carbons (Fsp3) is 0.0333. The van der Waals surface area contributed by atoms with Crippen LogP contribution in [0.5, 0.6) is 0 Å². The van der Waals surface area contributed by atoms with Crippen molar-refractivity contribution in [2.45, 2.75) is 13.8 Å². The van der Waals surface area contributed by atoms with Crippen molar-refractivity contribution in [1.82, 2.24) is 24.1 Å². The molecule has 66 heavy (non-hydrogen) atoms. The van der Waals surface area contributed by atoms with Crippen molar-refractivity contribution in [3.63, 3.8) is 0 Å². The van der Waals surface area contributed by atoms with Crippen LogP contribution in [0.2, 0.25) is 0 Å². The molecule has 0 aliphatic carbocycles. The minimum absolute atomic E-state index is 0.494. The van der Waals surface area contributed by atoms with Crippen LogP contribution in [0.4, 0.5) is 0 Å². The molecule has 0 amide bonds. The Morgan fingerprint density at radius 3 is 1.24 bits per heavy atom. The maximum Gasteiger partial charge on any atom is 0.166 e.